The molecule has 4 aliphatic rings. The van der Waals surface area contributed by atoms with Crippen LogP contribution in [0.25, 0.3) is 110 Å². The van der Waals surface area contributed by atoms with Crippen LogP contribution in [0.2, 0.25) is 0 Å². The first kappa shape index (κ1) is 50.9. The van der Waals surface area contributed by atoms with Crippen molar-refractivity contribution in [2.75, 3.05) is 13.2 Å². The topological polar surface area (TPSA) is 81.7 Å². The summed E-state index contributed by atoms with van der Waals surface area (Å²) in [4.78, 5) is 0. The highest BCUT2D eigenvalue weighted by molar-refractivity contribution is 6.65. The molecule has 0 N–H and O–H groups in total. The Hall–Kier alpha value is -6.84. The number of furan rings is 2. The van der Waals surface area contributed by atoms with Crippen LogP contribution in [-0.4, -0.2) is 56.2 Å². The van der Waals surface area contributed by atoms with Crippen LogP contribution in [0.5, 0.6) is 0 Å². The zero-order valence-electron chi connectivity index (χ0n) is 45.8. The molecule has 5 heterocycles. The molecule has 3 aliphatic heterocycles. The molecule has 10 heteroatoms. The van der Waals surface area contributed by atoms with Gasteiger partial charge in [-0.3, -0.25) is 0 Å². The van der Waals surface area contributed by atoms with E-state index in [0.29, 0.717) is 0 Å². The summed E-state index contributed by atoms with van der Waals surface area (Å²) < 4.78 is 47.5. The molecular formula is C67H65B2O8+. The average Bonchev–Trinajstić information content (AvgIpc) is 4.32. The molecule has 1 aliphatic carbocycles. The maximum absolute atomic E-state index is 6.74. The second kappa shape index (κ2) is 19.6. The minimum atomic E-state index is -0.523. The average molecular weight is 1020 g/mol. The van der Waals surface area contributed by atoms with E-state index in [1.807, 2.05) is 59.8 Å². The molecule has 386 valence electrons. The van der Waals surface area contributed by atoms with Gasteiger partial charge in [0, 0.05) is 79.3 Å². The number of fused-ring (bicyclic) bond motifs is 20. The third-order valence-electron chi connectivity index (χ3n) is 16.5. The van der Waals surface area contributed by atoms with Crippen LogP contribution >= 0.6 is 0 Å². The third kappa shape index (κ3) is 8.91. The first-order valence-electron chi connectivity index (χ1n) is 27.2. The number of hydrogen-bond donors (Lipinski definition) is 0. The normalized spacial score (nSPS) is 17.9. The lowest BCUT2D eigenvalue weighted by Gasteiger charge is -2.32. The van der Waals surface area contributed by atoms with E-state index in [-0.39, 0.29) is 17.3 Å². The quantitative estimate of drug-likeness (QED) is 0.0983. The molecular weight excluding hydrogens is 954 g/mol. The summed E-state index contributed by atoms with van der Waals surface area (Å²) in [5, 5.41) is 16.8. The second-order valence-corrected chi connectivity index (χ2v) is 22.9. The summed E-state index contributed by atoms with van der Waals surface area (Å²) >= 11 is 0. The van der Waals surface area contributed by atoms with Crippen molar-refractivity contribution in [2.45, 2.75) is 111 Å². The molecule has 77 heavy (non-hydrogen) atoms. The van der Waals surface area contributed by atoms with E-state index in [2.05, 4.69) is 173 Å². The Kier molecular flexibility index (Phi) is 12.9. The summed E-state index contributed by atoms with van der Waals surface area (Å²) in [7, 11) is -0.997. The zero-order valence-corrected chi connectivity index (χ0v) is 45.8. The van der Waals surface area contributed by atoms with Gasteiger partial charge in [-0.15, -0.1) is 0 Å². The lowest BCUT2D eigenvalue weighted by atomic mass is 9.78. The predicted molar refractivity (Wildman–Crippen MR) is 320 cm³/mol. The molecule has 9 aromatic carbocycles. The van der Waals surface area contributed by atoms with Crippen LogP contribution in [0, 0.1) is 6.08 Å². The fourth-order valence-corrected chi connectivity index (χ4v) is 11.1. The number of rotatable bonds is 3. The van der Waals surface area contributed by atoms with Crippen molar-refractivity contribution in [3.8, 4) is 0 Å². The number of benzene rings is 9. The monoisotopic (exact) mass is 1020 g/mol. The molecule has 0 radical (unpaired) electrons. The molecule has 0 amide bonds. The Balaban J connectivity index is 0.000000120. The minimum Gasteiger partial charge on any atom is -0.456 e. The van der Waals surface area contributed by atoms with E-state index >= 15 is 0 Å². The molecule has 0 bridgehead atoms. The molecule has 3 saturated heterocycles. The Morgan fingerprint density at radius 1 is 0.442 bits per heavy atom. The summed E-state index contributed by atoms with van der Waals surface area (Å²) in [6.45, 7) is 22.3. The first-order valence-corrected chi connectivity index (χ1v) is 27.2. The molecule has 0 atom stereocenters. The molecule has 2 aromatic heterocycles. The summed E-state index contributed by atoms with van der Waals surface area (Å²) in [6, 6.07) is 49.2. The van der Waals surface area contributed by atoms with E-state index in [1.54, 1.807) is 0 Å². The van der Waals surface area contributed by atoms with Crippen LogP contribution in [0.4, 0.5) is 0 Å². The Bertz CT molecular complexity index is 4060. The van der Waals surface area contributed by atoms with Gasteiger partial charge in [-0.2, -0.15) is 0 Å². The fourth-order valence-electron chi connectivity index (χ4n) is 11.1. The molecule has 15 rings (SSSR count). The first-order chi connectivity index (χ1) is 37.0. The maximum Gasteiger partial charge on any atom is 0.640 e. The largest absolute Gasteiger partial charge is 0.640 e. The van der Waals surface area contributed by atoms with Gasteiger partial charge in [-0.05, 0) is 133 Å². The highest BCUT2D eigenvalue weighted by Crippen LogP contribution is 2.45. The summed E-state index contributed by atoms with van der Waals surface area (Å²) in [6.07, 6.45) is 12.1. The molecule has 0 spiro atoms. The molecule has 0 saturated carbocycles. The number of allylic oxidation sites excluding steroid dienone is 2. The van der Waals surface area contributed by atoms with E-state index in [9.17, 15) is 0 Å². The molecule has 3 fully saturated rings. The standard InChI is InChI=1S/C30H25BO3.C24H13O.C9H19BO3.C4H8O/c1-29(2)30(3,4)34-31(33-29)25-15-9-14-23-24-17-16-22-20-12-6-5-10-18(20)19-11-7-8-13-21(19)26(22)28(24)32-27(23)25;1-2-9-17-15(7-1)16-8-3-4-11-19(16)23-20(17)13-14-21-18-10-5-6-12-22(18)25-24(21)23;1-7(2)11-10-12-8(3,4)9(5,6)13-10;1-2-4-5-3-1/h5-17H,1-4H3;2-14H;7H,1-6H3;1-4H2/q;+1;;. The third-order valence-corrected chi connectivity index (χ3v) is 16.5. The Morgan fingerprint density at radius 3 is 1.51 bits per heavy atom. The van der Waals surface area contributed by atoms with Crippen molar-refractivity contribution in [3.05, 3.63) is 163 Å². The lowest BCUT2D eigenvalue weighted by Crippen LogP contribution is -2.41. The van der Waals surface area contributed by atoms with Gasteiger partial charge in [0.05, 0.1) is 28.5 Å². The van der Waals surface area contributed by atoms with Crippen LogP contribution in [0.3, 0.4) is 0 Å². The van der Waals surface area contributed by atoms with Crippen molar-refractivity contribution in [1.29, 1.82) is 0 Å². The minimum absolute atomic E-state index is 0.120. The highest BCUT2D eigenvalue weighted by atomic mass is 16.8. The molecule has 0 unspecified atom stereocenters. The summed E-state index contributed by atoms with van der Waals surface area (Å²) in [5.41, 5.74) is 5.67. The fraction of sp³-hybridized carbons (Fsp3) is 0.284. The van der Waals surface area contributed by atoms with E-state index in [0.717, 1.165) is 57.2 Å². The zero-order chi connectivity index (χ0) is 53.4. The van der Waals surface area contributed by atoms with Gasteiger partial charge in [0.2, 0.25) is 0 Å². The van der Waals surface area contributed by atoms with Crippen molar-refractivity contribution in [1.82, 2.24) is 0 Å². The van der Waals surface area contributed by atoms with Gasteiger partial charge in [0.25, 0.3) is 0 Å². The van der Waals surface area contributed by atoms with E-state index in [4.69, 9.17) is 36.8 Å². The lowest BCUT2D eigenvalue weighted by molar-refractivity contribution is 0.00578. The Morgan fingerprint density at radius 2 is 0.896 bits per heavy atom. The van der Waals surface area contributed by atoms with Crippen molar-refractivity contribution >= 4 is 130 Å². The van der Waals surface area contributed by atoms with E-state index in [1.165, 1.54) is 83.2 Å². The van der Waals surface area contributed by atoms with Crippen molar-refractivity contribution in [2.24, 2.45) is 0 Å². The van der Waals surface area contributed by atoms with Crippen molar-refractivity contribution < 1.29 is 36.8 Å². The van der Waals surface area contributed by atoms with Crippen LogP contribution in [0.1, 0.15) is 93.2 Å². The number of para-hydroxylation sites is 2. The van der Waals surface area contributed by atoms with Gasteiger partial charge in [-0.25, -0.2) is 0 Å². The van der Waals surface area contributed by atoms with Gasteiger partial charge >= 0.3 is 14.4 Å². The maximum atomic E-state index is 6.74. The number of hydrogen-bond acceptors (Lipinski definition) is 8. The van der Waals surface area contributed by atoms with Gasteiger partial charge in [0.1, 0.15) is 45.6 Å². The highest BCUT2D eigenvalue weighted by Gasteiger charge is 2.54. The summed E-state index contributed by atoms with van der Waals surface area (Å²) in [5.74, 6) is 0. The van der Waals surface area contributed by atoms with Gasteiger partial charge < -0.3 is 36.8 Å². The van der Waals surface area contributed by atoms with Gasteiger partial charge in [0.15, 0.2) is 0 Å². The van der Waals surface area contributed by atoms with Gasteiger partial charge in [-0.1, -0.05) is 115 Å². The van der Waals surface area contributed by atoms with E-state index < -0.39 is 25.6 Å². The van der Waals surface area contributed by atoms with Crippen molar-refractivity contribution in [3.63, 3.8) is 0 Å². The second-order valence-electron chi connectivity index (χ2n) is 22.9. The SMILES string of the molecule is C1CCOC1.CC(C)OB1OC(C)(C)C(C)(C)O1.CC1(C)OB(c2cccc3c2oc2c3ccc3c4ccccc4c4ccccc4c32)OC1(C)C.[C+]1=Cc2c(c3ccc4c5ccccc5oc4c3c3ccccc23)C=C1. The predicted octanol–water partition coefficient (Wildman–Crippen LogP) is 16.9. The number of ether oxygens (including phenoxy) is 1. The molecule has 11 aromatic rings. The van der Waals surface area contributed by atoms with Crippen LogP contribution < -0.4 is 5.46 Å². The van der Waals surface area contributed by atoms with Crippen LogP contribution in [0.15, 0.2) is 154 Å². The smallest absolute Gasteiger partial charge is 0.456 e. The molecule has 8 nitrogen and oxygen atoms in total. The Labute approximate surface area is 451 Å². The van der Waals surface area contributed by atoms with Crippen LogP contribution in [-0.2, 0) is 28.0 Å².